The van der Waals surface area contributed by atoms with Crippen molar-refractivity contribution in [2.45, 2.75) is 19.4 Å². The highest BCUT2D eigenvalue weighted by Crippen LogP contribution is 2.25. The number of nitrogens with one attached hydrogen (secondary N) is 1. The third kappa shape index (κ3) is 6.10. The van der Waals surface area contributed by atoms with Crippen molar-refractivity contribution in [2.24, 2.45) is 5.92 Å². The van der Waals surface area contributed by atoms with Crippen LogP contribution in [0.2, 0.25) is 0 Å². The molecular weight excluding hydrogens is 387 g/mol. The summed E-state index contributed by atoms with van der Waals surface area (Å²) in [5.41, 5.74) is 1.02. The van der Waals surface area contributed by atoms with Gasteiger partial charge in [0.15, 0.2) is 29.7 Å². The molecule has 2 aromatic rings. The highest BCUT2D eigenvalue weighted by molar-refractivity contribution is 5.77. The molecule has 0 saturated carbocycles. The highest BCUT2D eigenvalue weighted by Gasteiger charge is 2.21. The Kier molecular flexibility index (Phi) is 7.90. The van der Waals surface area contributed by atoms with Crippen LogP contribution in [-0.4, -0.2) is 51.3 Å². The van der Waals surface area contributed by atoms with Crippen molar-refractivity contribution >= 4 is 5.91 Å². The number of methoxy groups -OCH3 is 2. The van der Waals surface area contributed by atoms with E-state index in [9.17, 15) is 9.18 Å². The molecule has 1 saturated heterocycles. The molecule has 0 bridgehead atoms. The second-order valence-corrected chi connectivity index (χ2v) is 7.46. The standard InChI is InChI=1S/C23H29FN2O4/c1-28-20-7-3-4-8-21(20)30-16-23(27)25-13-18-6-5-11-26(15-18)14-17-9-10-19(24)22(12-17)29-2/h3-4,7-10,12,18H,5-6,11,13-16H2,1-2H3,(H,25,27)/t18-/m0/s1. The quantitative estimate of drug-likeness (QED) is 0.680. The lowest BCUT2D eigenvalue weighted by atomic mass is 9.97. The lowest BCUT2D eigenvalue weighted by Crippen LogP contribution is -2.41. The summed E-state index contributed by atoms with van der Waals surface area (Å²) >= 11 is 0. The van der Waals surface area contributed by atoms with Crippen molar-refractivity contribution in [3.8, 4) is 17.2 Å². The van der Waals surface area contributed by atoms with E-state index < -0.39 is 0 Å². The van der Waals surface area contributed by atoms with E-state index in [4.69, 9.17) is 14.2 Å². The topological polar surface area (TPSA) is 60.0 Å². The molecule has 30 heavy (non-hydrogen) atoms. The Labute approximate surface area is 176 Å². The van der Waals surface area contributed by atoms with Gasteiger partial charge in [-0.2, -0.15) is 0 Å². The van der Waals surface area contributed by atoms with Gasteiger partial charge in [-0.25, -0.2) is 4.39 Å². The molecule has 1 N–H and O–H groups in total. The largest absolute Gasteiger partial charge is 0.494 e. The second kappa shape index (κ2) is 10.8. The van der Waals surface area contributed by atoms with Gasteiger partial charge in [0.1, 0.15) is 0 Å². The van der Waals surface area contributed by atoms with E-state index in [-0.39, 0.29) is 24.1 Å². The summed E-state index contributed by atoms with van der Waals surface area (Å²) in [6, 6.07) is 12.2. The molecule has 1 atom stereocenters. The molecule has 1 heterocycles. The van der Waals surface area contributed by atoms with Crippen molar-refractivity contribution in [1.82, 2.24) is 10.2 Å². The van der Waals surface area contributed by atoms with Crippen LogP contribution in [0.1, 0.15) is 18.4 Å². The summed E-state index contributed by atoms with van der Waals surface area (Å²) < 4.78 is 29.5. The van der Waals surface area contributed by atoms with Crippen LogP contribution in [0.4, 0.5) is 4.39 Å². The lowest BCUT2D eigenvalue weighted by molar-refractivity contribution is -0.123. The molecule has 0 radical (unpaired) electrons. The van der Waals surface area contributed by atoms with Crippen LogP contribution in [-0.2, 0) is 11.3 Å². The summed E-state index contributed by atoms with van der Waals surface area (Å²) in [6.45, 7) is 3.16. The lowest BCUT2D eigenvalue weighted by Gasteiger charge is -2.33. The van der Waals surface area contributed by atoms with E-state index in [1.54, 1.807) is 31.4 Å². The molecule has 1 aliphatic heterocycles. The van der Waals surface area contributed by atoms with Gasteiger partial charge in [-0.05, 0) is 55.1 Å². The van der Waals surface area contributed by atoms with Gasteiger partial charge in [-0.3, -0.25) is 9.69 Å². The van der Waals surface area contributed by atoms with Crippen molar-refractivity contribution in [2.75, 3.05) is 40.5 Å². The van der Waals surface area contributed by atoms with Crippen LogP contribution in [0.3, 0.4) is 0 Å². The summed E-state index contributed by atoms with van der Waals surface area (Å²) in [4.78, 5) is 14.5. The van der Waals surface area contributed by atoms with Crippen LogP contribution >= 0.6 is 0 Å². The Morgan fingerprint density at radius 1 is 1.13 bits per heavy atom. The molecule has 3 rings (SSSR count). The third-order valence-electron chi connectivity index (χ3n) is 5.24. The minimum absolute atomic E-state index is 0.0494. The predicted molar refractivity (Wildman–Crippen MR) is 112 cm³/mol. The average Bonchev–Trinajstić information content (AvgIpc) is 2.78. The van der Waals surface area contributed by atoms with Gasteiger partial charge >= 0.3 is 0 Å². The van der Waals surface area contributed by atoms with Crippen molar-refractivity contribution in [3.63, 3.8) is 0 Å². The molecule has 1 aliphatic rings. The first kappa shape index (κ1) is 21.9. The van der Waals surface area contributed by atoms with E-state index in [1.807, 2.05) is 12.1 Å². The number of carbonyl (C=O) groups excluding carboxylic acids is 1. The fourth-order valence-corrected chi connectivity index (χ4v) is 3.71. The summed E-state index contributed by atoms with van der Waals surface area (Å²) in [7, 11) is 3.04. The normalized spacial score (nSPS) is 16.7. The number of likely N-dealkylation sites (tertiary alicyclic amines) is 1. The first-order valence-corrected chi connectivity index (χ1v) is 10.2. The zero-order chi connectivity index (χ0) is 21.3. The summed E-state index contributed by atoms with van der Waals surface area (Å²) in [5, 5.41) is 2.97. The first-order chi connectivity index (χ1) is 14.6. The number of halogens is 1. The van der Waals surface area contributed by atoms with Gasteiger partial charge in [-0.15, -0.1) is 0 Å². The Bertz CT molecular complexity index is 846. The Morgan fingerprint density at radius 2 is 1.90 bits per heavy atom. The number of para-hydroxylation sites is 2. The molecule has 2 aromatic carbocycles. The number of carbonyl (C=O) groups is 1. The molecule has 162 valence electrons. The van der Waals surface area contributed by atoms with E-state index in [0.717, 1.165) is 38.0 Å². The molecular formula is C23H29FN2O4. The first-order valence-electron chi connectivity index (χ1n) is 10.2. The van der Waals surface area contributed by atoms with Crippen molar-refractivity contribution in [3.05, 3.63) is 53.8 Å². The minimum atomic E-state index is -0.351. The molecule has 0 aliphatic carbocycles. The molecule has 6 nitrogen and oxygen atoms in total. The maximum absolute atomic E-state index is 13.6. The zero-order valence-corrected chi connectivity index (χ0v) is 17.5. The molecule has 0 aromatic heterocycles. The summed E-state index contributed by atoms with van der Waals surface area (Å²) in [5.74, 6) is 1.29. The maximum Gasteiger partial charge on any atom is 0.257 e. The van der Waals surface area contributed by atoms with Gasteiger partial charge < -0.3 is 19.5 Å². The van der Waals surface area contributed by atoms with Crippen molar-refractivity contribution in [1.29, 1.82) is 0 Å². The van der Waals surface area contributed by atoms with E-state index in [0.29, 0.717) is 24.0 Å². The number of piperidine rings is 1. The van der Waals surface area contributed by atoms with Crippen molar-refractivity contribution < 1.29 is 23.4 Å². The van der Waals surface area contributed by atoms with Crippen LogP contribution in [0.15, 0.2) is 42.5 Å². The van der Waals surface area contributed by atoms with Crippen LogP contribution in [0.25, 0.3) is 0 Å². The van der Waals surface area contributed by atoms with Crippen LogP contribution in [0.5, 0.6) is 17.2 Å². The maximum atomic E-state index is 13.6. The molecule has 0 unspecified atom stereocenters. The number of benzene rings is 2. The van der Waals surface area contributed by atoms with E-state index >= 15 is 0 Å². The monoisotopic (exact) mass is 416 g/mol. The number of hydrogen-bond acceptors (Lipinski definition) is 5. The minimum Gasteiger partial charge on any atom is -0.494 e. The second-order valence-electron chi connectivity index (χ2n) is 7.46. The number of hydrogen-bond donors (Lipinski definition) is 1. The van der Waals surface area contributed by atoms with Gasteiger partial charge in [-0.1, -0.05) is 18.2 Å². The molecule has 7 heteroatoms. The fourth-order valence-electron chi connectivity index (χ4n) is 3.71. The number of nitrogens with zero attached hydrogens (tertiary/aromatic N) is 1. The third-order valence-corrected chi connectivity index (χ3v) is 5.24. The molecule has 1 amide bonds. The van der Waals surface area contributed by atoms with Gasteiger partial charge in [0.05, 0.1) is 14.2 Å². The average molecular weight is 416 g/mol. The van der Waals surface area contributed by atoms with Gasteiger partial charge in [0, 0.05) is 19.6 Å². The number of amides is 1. The highest BCUT2D eigenvalue weighted by atomic mass is 19.1. The SMILES string of the molecule is COc1cc(CN2CCC[C@@H](CNC(=O)COc3ccccc3OC)C2)ccc1F. The number of ether oxygens (including phenoxy) is 3. The Balaban J connectivity index is 1.44. The van der Waals surface area contributed by atoms with E-state index in [2.05, 4.69) is 10.2 Å². The smallest absolute Gasteiger partial charge is 0.257 e. The molecule has 0 spiro atoms. The van der Waals surface area contributed by atoms with E-state index in [1.165, 1.54) is 13.2 Å². The van der Waals surface area contributed by atoms with Crippen LogP contribution in [0, 0.1) is 11.7 Å². The Hall–Kier alpha value is -2.80. The van der Waals surface area contributed by atoms with Gasteiger partial charge in [0.25, 0.3) is 5.91 Å². The Morgan fingerprint density at radius 3 is 2.67 bits per heavy atom. The number of rotatable bonds is 9. The summed E-state index contributed by atoms with van der Waals surface area (Å²) in [6.07, 6.45) is 2.13. The molecule has 1 fully saturated rings. The van der Waals surface area contributed by atoms with Gasteiger partial charge in [0.2, 0.25) is 0 Å². The zero-order valence-electron chi connectivity index (χ0n) is 17.5. The predicted octanol–water partition coefficient (Wildman–Crippen LogP) is 3.25. The fraction of sp³-hybridized carbons (Fsp3) is 0.435. The van der Waals surface area contributed by atoms with Crippen LogP contribution < -0.4 is 19.5 Å².